The number of hydrogen-bond acceptors (Lipinski definition) is 5. The summed E-state index contributed by atoms with van der Waals surface area (Å²) in [6.45, 7) is 0. The molecular weight excluding hydrogens is 667 g/mol. The molecule has 0 radical (unpaired) electrons. The van der Waals surface area contributed by atoms with Crippen LogP contribution in [0.25, 0.3) is 66.5 Å². The van der Waals surface area contributed by atoms with Crippen LogP contribution in [0.5, 0.6) is 11.5 Å². The molecule has 53 heavy (non-hydrogen) atoms. The van der Waals surface area contributed by atoms with Crippen LogP contribution in [0, 0.1) is 0 Å². The lowest BCUT2D eigenvalue weighted by molar-refractivity contribution is 0.436. The van der Waals surface area contributed by atoms with E-state index >= 15 is 0 Å². The molecule has 1 aliphatic heterocycles. The third-order valence-electron chi connectivity index (χ3n) is 10.7. The number of aromatic nitrogens is 3. The lowest BCUT2D eigenvalue weighted by Gasteiger charge is -2.39. The highest BCUT2D eigenvalue weighted by Crippen LogP contribution is 2.62. The lowest BCUT2D eigenvalue weighted by atomic mass is 9.66. The maximum absolute atomic E-state index is 6.87. The zero-order valence-corrected chi connectivity index (χ0v) is 29.2. The van der Waals surface area contributed by atoms with Crippen molar-refractivity contribution in [2.24, 2.45) is 0 Å². The van der Waals surface area contributed by atoms with Gasteiger partial charge in [-0.2, -0.15) is 0 Å². The Hall–Kier alpha value is -6.69. The van der Waals surface area contributed by atoms with Crippen molar-refractivity contribution in [3.63, 3.8) is 0 Å². The van der Waals surface area contributed by atoms with Crippen LogP contribution in [-0.4, -0.2) is 15.0 Å². The fourth-order valence-corrected chi connectivity index (χ4v) is 9.20. The second-order valence-electron chi connectivity index (χ2n) is 13.5. The topological polar surface area (TPSA) is 47.9 Å². The molecule has 1 aliphatic carbocycles. The fraction of sp³-hybridized carbons (Fsp3) is 0.0208. The van der Waals surface area contributed by atoms with Gasteiger partial charge in [0.05, 0.1) is 5.41 Å². The predicted octanol–water partition coefficient (Wildman–Crippen LogP) is 12.2. The van der Waals surface area contributed by atoms with Crippen molar-refractivity contribution < 1.29 is 4.74 Å². The molecule has 0 saturated carbocycles. The maximum Gasteiger partial charge on any atom is 0.164 e. The van der Waals surface area contributed by atoms with Gasteiger partial charge in [0, 0.05) is 32.5 Å². The second-order valence-corrected chi connectivity index (χ2v) is 14.5. The average molecular weight is 696 g/mol. The molecule has 0 N–H and O–H groups in total. The molecule has 5 heteroatoms. The van der Waals surface area contributed by atoms with Crippen LogP contribution in [0.4, 0.5) is 0 Å². The number of fused-ring (bicyclic) bond motifs is 10. The molecule has 1 unspecified atom stereocenters. The lowest BCUT2D eigenvalue weighted by Crippen LogP contribution is -2.32. The number of rotatable bonds is 4. The molecule has 0 fully saturated rings. The first-order valence-corrected chi connectivity index (χ1v) is 18.6. The van der Waals surface area contributed by atoms with Crippen LogP contribution >= 0.6 is 11.3 Å². The standard InChI is InChI=1S/C48H29N3OS/c1-3-13-30(14-4-1)34-17-7-8-19-36(34)47-50-45(31-15-5-2-6-16-31)49-46(51-47)33-23-24-40-43(28-33)52-42-22-12-11-21-39(42)48(40)38-20-10-9-18-35(38)37-27-32-25-26-53-44(32)29-41(37)48/h1-29H. The van der Waals surface area contributed by atoms with Gasteiger partial charge in [0.1, 0.15) is 11.5 Å². The van der Waals surface area contributed by atoms with Gasteiger partial charge in [-0.1, -0.05) is 140 Å². The summed E-state index contributed by atoms with van der Waals surface area (Å²) in [7, 11) is 0. The maximum atomic E-state index is 6.87. The van der Waals surface area contributed by atoms with Gasteiger partial charge in [-0.05, 0) is 74.5 Å². The van der Waals surface area contributed by atoms with E-state index in [0.29, 0.717) is 17.5 Å². The van der Waals surface area contributed by atoms with Gasteiger partial charge in [0.2, 0.25) is 0 Å². The summed E-state index contributed by atoms with van der Waals surface area (Å²) >= 11 is 1.79. The molecular formula is C48H29N3OS. The molecule has 3 heterocycles. The zero-order valence-electron chi connectivity index (χ0n) is 28.4. The van der Waals surface area contributed by atoms with Crippen molar-refractivity contribution in [3.05, 3.63) is 197 Å². The van der Waals surface area contributed by atoms with Crippen LogP contribution < -0.4 is 4.74 Å². The Morgan fingerprint density at radius 1 is 0.396 bits per heavy atom. The van der Waals surface area contributed by atoms with E-state index < -0.39 is 5.41 Å². The Kier molecular flexibility index (Phi) is 6.60. The van der Waals surface area contributed by atoms with Crippen molar-refractivity contribution in [2.75, 3.05) is 0 Å². The predicted molar refractivity (Wildman–Crippen MR) is 214 cm³/mol. The molecule has 0 amide bonds. The minimum atomic E-state index is -0.555. The molecule has 9 aromatic rings. The number of para-hydroxylation sites is 1. The summed E-state index contributed by atoms with van der Waals surface area (Å²) in [4.78, 5) is 15.4. The van der Waals surface area contributed by atoms with Gasteiger partial charge in [0.15, 0.2) is 17.5 Å². The van der Waals surface area contributed by atoms with Crippen LogP contribution in [0.3, 0.4) is 0 Å². The third-order valence-corrected chi connectivity index (χ3v) is 11.6. The molecule has 4 nitrogen and oxygen atoms in total. The third kappa shape index (κ3) is 4.51. The van der Waals surface area contributed by atoms with E-state index in [1.54, 1.807) is 11.3 Å². The Morgan fingerprint density at radius 3 is 1.83 bits per heavy atom. The smallest absolute Gasteiger partial charge is 0.164 e. The van der Waals surface area contributed by atoms with Gasteiger partial charge in [-0.25, -0.2) is 15.0 Å². The normalized spacial score (nSPS) is 15.0. The van der Waals surface area contributed by atoms with Gasteiger partial charge in [-0.15, -0.1) is 11.3 Å². The summed E-state index contributed by atoms with van der Waals surface area (Å²) in [6, 6.07) is 59.7. The molecule has 2 aliphatic rings. The Bertz CT molecular complexity index is 2880. The summed E-state index contributed by atoms with van der Waals surface area (Å²) < 4.78 is 8.14. The highest BCUT2D eigenvalue weighted by molar-refractivity contribution is 7.17. The second kappa shape index (κ2) is 11.7. The van der Waals surface area contributed by atoms with Gasteiger partial charge >= 0.3 is 0 Å². The number of hydrogen-bond donors (Lipinski definition) is 0. The van der Waals surface area contributed by atoms with E-state index in [0.717, 1.165) is 50.4 Å². The molecule has 1 atom stereocenters. The molecule has 7 aromatic carbocycles. The van der Waals surface area contributed by atoms with Crippen LogP contribution in [0.2, 0.25) is 0 Å². The van der Waals surface area contributed by atoms with Crippen molar-refractivity contribution in [1.29, 1.82) is 0 Å². The Balaban J connectivity index is 1.14. The fourth-order valence-electron chi connectivity index (χ4n) is 8.39. The minimum Gasteiger partial charge on any atom is -0.457 e. The van der Waals surface area contributed by atoms with Gasteiger partial charge in [0.25, 0.3) is 0 Å². The first-order chi connectivity index (χ1) is 26.3. The van der Waals surface area contributed by atoms with Crippen molar-refractivity contribution >= 4 is 21.4 Å². The van der Waals surface area contributed by atoms with E-state index in [4.69, 9.17) is 19.7 Å². The Morgan fingerprint density at radius 2 is 1.02 bits per heavy atom. The first kappa shape index (κ1) is 30.0. The van der Waals surface area contributed by atoms with Crippen LogP contribution in [0.15, 0.2) is 175 Å². The zero-order chi connectivity index (χ0) is 34.9. The highest BCUT2D eigenvalue weighted by Gasteiger charge is 2.51. The monoisotopic (exact) mass is 695 g/mol. The van der Waals surface area contributed by atoms with Crippen molar-refractivity contribution in [2.45, 2.75) is 5.41 Å². The quantitative estimate of drug-likeness (QED) is 0.184. The number of benzene rings is 7. The molecule has 0 bridgehead atoms. The molecule has 11 rings (SSSR count). The Labute approximate surface area is 310 Å². The summed E-state index contributed by atoms with van der Waals surface area (Å²) in [5.41, 5.74) is 11.7. The SMILES string of the molecule is c1ccc(-c2nc(-c3ccc4c(c3)Oc3ccccc3C43c4ccccc4-c4cc5ccsc5cc43)nc(-c3ccccc3-c3ccccc3)n2)cc1. The summed E-state index contributed by atoms with van der Waals surface area (Å²) in [6.07, 6.45) is 0. The van der Waals surface area contributed by atoms with E-state index in [1.165, 1.54) is 32.3 Å². The largest absolute Gasteiger partial charge is 0.457 e. The molecule has 2 aromatic heterocycles. The van der Waals surface area contributed by atoms with Crippen molar-refractivity contribution in [3.8, 4) is 67.9 Å². The van der Waals surface area contributed by atoms with E-state index in [1.807, 2.05) is 42.5 Å². The number of thiophene rings is 1. The van der Waals surface area contributed by atoms with E-state index in [-0.39, 0.29) is 0 Å². The molecule has 1 spiro atoms. The summed E-state index contributed by atoms with van der Waals surface area (Å²) in [5, 5.41) is 3.45. The first-order valence-electron chi connectivity index (χ1n) is 17.8. The van der Waals surface area contributed by atoms with Crippen LogP contribution in [-0.2, 0) is 5.41 Å². The van der Waals surface area contributed by atoms with E-state index in [9.17, 15) is 0 Å². The number of nitrogens with zero attached hydrogens (tertiary/aromatic N) is 3. The van der Waals surface area contributed by atoms with E-state index in [2.05, 4.69) is 133 Å². The highest BCUT2D eigenvalue weighted by atomic mass is 32.1. The van der Waals surface area contributed by atoms with Crippen molar-refractivity contribution in [1.82, 2.24) is 15.0 Å². The van der Waals surface area contributed by atoms with Crippen LogP contribution in [0.1, 0.15) is 22.3 Å². The summed E-state index contributed by atoms with van der Waals surface area (Å²) in [5.74, 6) is 3.47. The average Bonchev–Trinajstić information content (AvgIpc) is 3.81. The minimum absolute atomic E-state index is 0.555. The number of ether oxygens (including phenoxy) is 1. The van der Waals surface area contributed by atoms with Gasteiger partial charge < -0.3 is 4.74 Å². The molecule has 248 valence electrons. The van der Waals surface area contributed by atoms with Gasteiger partial charge in [-0.3, -0.25) is 0 Å². The molecule has 0 saturated heterocycles.